The molecule has 0 aromatic heterocycles. The fraction of sp³-hybridized carbons (Fsp3) is 0.680. The minimum atomic E-state index is -1.50. The molecule has 0 bridgehead atoms. The van der Waals surface area contributed by atoms with Crippen LogP contribution in [0.25, 0.3) is 0 Å². The molecule has 0 unspecified atom stereocenters. The monoisotopic (exact) mass is 432 g/mol. The zero-order valence-electron chi connectivity index (χ0n) is 19.0. The van der Waals surface area contributed by atoms with Crippen molar-refractivity contribution in [2.45, 2.75) is 102 Å². The molecule has 1 aliphatic heterocycles. The second-order valence-corrected chi connectivity index (χ2v) is 9.17. The Balaban J connectivity index is 1.69. The number of likely N-dealkylation sites (tertiary alicyclic amines) is 1. The first-order chi connectivity index (χ1) is 14.9. The third-order valence-corrected chi connectivity index (χ3v) is 6.42. The maximum Gasteiger partial charge on any atom is 0.325 e. The molecule has 174 valence electrons. The Kier molecular flexibility index (Phi) is 10.5. The molecule has 1 fully saturated rings. The van der Waals surface area contributed by atoms with Crippen molar-refractivity contribution >= 4 is 11.9 Å². The highest BCUT2D eigenvalue weighted by Crippen LogP contribution is 2.27. The highest BCUT2D eigenvalue weighted by atomic mass is 16.4. The normalized spacial score (nSPS) is 21.4. The van der Waals surface area contributed by atoms with Gasteiger partial charge in [0.25, 0.3) is 0 Å². The Morgan fingerprint density at radius 2 is 1.45 bits per heavy atom. The summed E-state index contributed by atoms with van der Waals surface area (Å²) in [7, 11) is 0. The number of rotatable bonds is 15. The predicted molar refractivity (Wildman–Crippen MR) is 123 cm³/mol. The number of carbonyl (C=O) groups is 2. The Morgan fingerprint density at radius 3 is 1.97 bits per heavy atom. The number of benzene rings is 1. The summed E-state index contributed by atoms with van der Waals surface area (Å²) in [6.07, 6.45) is 14.3. The van der Waals surface area contributed by atoms with Crippen LogP contribution in [0.3, 0.4) is 0 Å². The van der Waals surface area contributed by atoms with E-state index in [0.29, 0.717) is 6.54 Å². The lowest BCUT2D eigenvalue weighted by Gasteiger charge is -2.22. The van der Waals surface area contributed by atoms with Crippen molar-refractivity contribution in [1.82, 2.24) is 4.90 Å². The van der Waals surface area contributed by atoms with Gasteiger partial charge in [-0.15, -0.1) is 0 Å². The minimum Gasteiger partial charge on any atom is -0.480 e. The molecule has 1 aromatic rings. The van der Waals surface area contributed by atoms with Crippen LogP contribution in [0.4, 0.5) is 0 Å². The molecule has 0 saturated carbocycles. The van der Waals surface area contributed by atoms with Gasteiger partial charge in [-0.25, -0.2) is 0 Å². The van der Waals surface area contributed by atoms with Crippen molar-refractivity contribution in [1.29, 1.82) is 0 Å². The number of unbranched alkanes of at least 4 members (excludes halogenated alkanes) is 9. The maximum absolute atomic E-state index is 11.5. The highest BCUT2D eigenvalue weighted by Gasteiger charge is 2.49. The summed E-state index contributed by atoms with van der Waals surface area (Å²) in [5.41, 5.74) is 6.69. The molecule has 1 saturated heterocycles. The first-order valence-corrected chi connectivity index (χ1v) is 11.9. The van der Waals surface area contributed by atoms with E-state index in [1.807, 2.05) is 12.1 Å². The molecule has 6 heteroatoms. The van der Waals surface area contributed by atoms with Crippen molar-refractivity contribution in [3.05, 3.63) is 35.4 Å². The average Bonchev–Trinajstić information content (AvgIpc) is 3.08. The maximum atomic E-state index is 11.5. The van der Waals surface area contributed by atoms with Gasteiger partial charge in [-0.3, -0.25) is 14.5 Å². The zero-order chi connectivity index (χ0) is 22.7. The number of carboxylic acid groups (broad SMARTS) is 2. The van der Waals surface area contributed by atoms with E-state index in [4.69, 9.17) is 5.73 Å². The van der Waals surface area contributed by atoms with E-state index >= 15 is 0 Å². The van der Waals surface area contributed by atoms with Crippen molar-refractivity contribution < 1.29 is 19.8 Å². The summed E-state index contributed by atoms with van der Waals surface area (Å²) in [5.74, 6) is -2.17. The molecular formula is C25H40N2O4. The molecule has 4 N–H and O–H groups in total. The van der Waals surface area contributed by atoms with E-state index in [-0.39, 0.29) is 13.0 Å². The van der Waals surface area contributed by atoms with Crippen LogP contribution in [-0.4, -0.2) is 45.2 Å². The molecule has 0 spiro atoms. The van der Waals surface area contributed by atoms with Gasteiger partial charge in [0.05, 0.1) is 0 Å². The Bertz CT molecular complexity index is 691. The molecule has 2 rings (SSSR count). The molecule has 0 amide bonds. The third kappa shape index (κ3) is 8.26. The van der Waals surface area contributed by atoms with Crippen molar-refractivity contribution in [3.63, 3.8) is 0 Å². The standard InChI is InChI=1S/C25H40N2O4/c1-2-3-4-5-6-7-8-9-10-11-12-20-13-15-21(16-14-20)18-27-19-25(26,24(30)31)17-22(27)23(28)29/h13-16,22H,2-12,17-19,26H2,1H3,(H,28,29)(H,30,31)/t22-,25-/m1/s1. The van der Waals surface area contributed by atoms with Gasteiger partial charge in [-0.1, -0.05) is 89.0 Å². The van der Waals surface area contributed by atoms with Gasteiger partial charge >= 0.3 is 11.9 Å². The summed E-state index contributed by atoms with van der Waals surface area (Å²) < 4.78 is 0. The van der Waals surface area contributed by atoms with Crippen molar-refractivity contribution in [2.24, 2.45) is 5.73 Å². The van der Waals surface area contributed by atoms with E-state index in [0.717, 1.165) is 12.0 Å². The zero-order valence-corrected chi connectivity index (χ0v) is 19.0. The van der Waals surface area contributed by atoms with Crippen LogP contribution in [-0.2, 0) is 22.6 Å². The summed E-state index contributed by atoms with van der Waals surface area (Å²) in [5, 5.41) is 18.8. The van der Waals surface area contributed by atoms with Crippen LogP contribution in [0.15, 0.2) is 24.3 Å². The van der Waals surface area contributed by atoms with Gasteiger partial charge in [-0.2, -0.15) is 0 Å². The van der Waals surface area contributed by atoms with Crippen LogP contribution >= 0.6 is 0 Å². The van der Waals surface area contributed by atoms with E-state index < -0.39 is 23.5 Å². The number of hydrogen-bond acceptors (Lipinski definition) is 4. The van der Waals surface area contributed by atoms with Crippen LogP contribution in [0, 0.1) is 0 Å². The molecule has 31 heavy (non-hydrogen) atoms. The molecule has 6 nitrogen and oxygen atoms in total. The van der Waals surface area contributed by atoms with E-state index in [9.17, 15) is 19.8 Å². The van der Waals surface area contributed by atoms with Crippen LogP contribution in [0.1, 0.15) is 88.7 Å². The third-order valence-electron chi connectivity index (χ3n) is 6.42. The molecular weight excluding hydrogens is 392 g/mol. The number of aryl methyl sites for hydroxylation is 1. The number of carboxylic acids is 2. The summed E-state index contributed by atoms with van der Waals surface area (Å²) >= 11 is 0. The average molecular weight is 433 g/mol. The van der Waals surface area contributed by atoms with Gasteiger partial charge < -0.3 is 15.9 Å². The topological polar surface area (TPSA) is 104 Å². The van der Waals surface area contributed by atoms with Crippen LogP contribution in [0.5, 0.6) is 0 Å². The molecule has 0 aliphatic carbocycles. The number of nitrogens with two attached hydrogens (primary N) is 1. The van der Waals surface area contributed by atoms with Crippen molar-refractivity contribution in [3.8, 4) is 0 Å². The summed E-state index contributed by atoms with van der Waals surface area (Å²) in [6, 6.07) is 7.36. The number of aliphatic carboxylic acids is 2. The fourth-order valence-electron chi connectivity index (χ4n) is 4.44. The predicted octanol–water partition coefficient (Wildman–Crippen LogP) is 4.59. The van der Waals surface area contributed by atoms with E-state index in [1.54, 1.807) is 4.90 Å². The highest BCUT2D eigenvalue weighted by molar-refractivity contribution is 5.83. The quantitative estimate of drug-likeness (QED) is 0.350. The minimum absolute atomic E-state index is 0.0413. The summed E-state index contributed by atoms with van der Waals surface area (Å²) in [4.78, 5) is 24.6. The van der Waals surface area contributed by atoms with Crippen LogP contribution in [0.2, 0.25) is 0 Å². The Hall–Kier alpha value is -1.92. The van der Waals surface area contributed by atoms with E-state index in [2.05, 4.69) is 19.1 Å². The fourth-order valence-corrected chi connectivity index (χ4v) is 4.44. The summed E-state index contributed by atoms with van der Waals surface area (Å²) in [6.45, 7) is 2.68. The van der Waals surface area contributed by atoms with E-state index in [1.165, 1.54) is 69.8 Å². The molecule has 0 radical (unpaired) electrons. The van der Waals surface area contributed by atoms with Gasteiger partial charge in [0.2, 0.25) is 0 Å². The Labute approximate surface area is 186 Å². The second kappa shape index (κ2) is 12.8. The molecule has 1 heterocycles. The first kappa shape index (κ1) is 25.3. The number of nitrogens with zero attached hydrogens (tertiary/aromatic N) is 1. The lowest BCUT2D eigenvalue weighted by Crippen LogP contribution is -2.50. The lowest BCUT2D eigenvalue weighted by atomic mass is 9.98. The van der Waals surface area contributed by atoms with Gasteiger partial charge in [0, 0.05) is 19.5 Å². The first-order valence-electron chi connectivity index (χ1n) is 11.9. The van der Waals surface area contributed by atoms with Crippen molar-refractivity contribution in [2.75, 3.05) is 6.54 Å². The molecule has 1 aliphatic rings. The SMILES string of the molecule is CCCCCCCCCCCCc1ccc(CN2C[C@@](N)(C(=O)O)C[C@@H]2C(=O)O)cc1. The Morgan fingerprint density at radius 1 is 0.935 bits per heavy atom. The van der Waals surface area contributed by atoms with Gasteiger partial charge in [0.1, 0.15) is 11.6 Å². The molecule has 2 atom stereocenters. The lowest BCUT2D eigenvalue weighted by molar-refractivity contribution is -0.142. The smallest absolute Gasteiger partial charge is 0.325 e. The molecule has 1 aromatic carbocycles. The number of hydrogen-bond donors (Lipinski definition) is 3. The van der Waals surface area contributed by atoms with Gasteiger partial charge in [0.15, 0.2) is 0 Å². The second-order valence-electron chi connectivity index (χ2n) is 9.17. The largest absolute Gasteiger partial charge is 0.480 e. The van der Waals surface area contributed by atoms with Crippen LogP contribution < -0.4 is 5.73 Å². The van der Waals surface area contributed by atoms with Gasteiger partial charge in [-0.05, 0) is 24.0 Å².